The summed E-state index contributed by atoms with van der Waals surface area (Å²) in [6.45, 7) is 2.12. The summed E-state index contributed by atoms with van der Waals surface area (Å²) in [5.74, 6) is 0.919. The molecule has 0 amide bonds. The predicted octanol–water partition coefficient (Wildman–Crippen LogP) is 3.40. The third-order valence-electron chi connectivity index (χ3n) is 4.43. The zero-order valence-corrected chi connectivity index (χ0v) is 11.9. The van der Waals surface area contributed by atoms with E-state index in [4.69, 9.17) is 5.73 Å². The van der Waals surface area contributed by atoms with Gasteiger partial charge in [0.1, 0.15) is 0 Å². The Morgan fingerprint density at radius 3 is 2.89 bits per heavy atom. The number of rotatable bonds is 5. The first-order chi connectivity index (χ1) is 8.90. The predicted molar refractivity (Wildman–Crippen MR) is 77.8 cm³/mol. The minimum Gasteiger partial charge on any atom is -0.330 e. The Labute approximate surface area is 114 Å². The summed E-state index contributed by atoms with van der Waals surface area (Å²) in [7, 11) is 0. The zero-order valence-electron chi connectivity index (χ0n) is 11.1. The number of thiophene rings is 1. The molecule has 1 saturated heterocycles. The van der Waals surface area contributed by atoms with Crippen LogP contribution in [0.2, 0.25) is 0 Å². The lowest BCUT2D eigenvalue weighted by Gasteiger charge is -2.41. The molecule has 1 aromatic heterocycles. The van der Waals surface area contributed by atoms with Gasteiger partial charge in [-0.3, -0.25) is 4.90 Å². The Kier molecular flexibility index (Phi) is 4.02. The van der Waals surface area contributed by atoms with Gasteiger partial charge in [0.15, 0.2) is 0 Å². The van der Waals surface area contributed by atoms with Crippen LogP contribution in [0.4, 0.5) is 0 Å². The van der Waals surface area contributed by atoms with E-state index in [2.05, 4.69) is 22.4 Å². The molecule has 1 saturated carbocycles. The van der Waals surface area contributed by atoms with Crippen LogP contribution in [0.15, 0.2) is 17.5 Å². The molecule has 100 valence electrons. The van der Waals surface area contributed by atoms with E-state index in [9.17, 15) is 0 Å². The van der Waals surface area contributed by atoms with E-state index in [1.54, 1.807) is 4.88 Å². The van der Waals surface area contributed by atoms with Gasteiger partial charge in [-0.25, -0.2) is 0 Å². The average molecular weight is 264 g/mol. The average Bonchev–Trinajstić information content (AvgIpc) is 3.07. The highest BCUT2D eigenvalue weighted by Crippen LogP contribution is 2.47. The van der Waals surface area contributed by atoms with E-state index in [0.29, 0.717) is 6.04 Å². The van der Waals surface area contributed by atoms with Crippen LogP contribution in [0.5, 0.6) is 0 Å². The van der Waals surface area contributed by atoms with Gasteiger partial charge in [-0.05, 0) is 62.6 Å². The van der Waals surface area contributed by atoms with Crippen molar-refractivity contribution in [2.75, 3.05) is 13.1 Å². The summed E-state index contributed by atoms with van der Waals surface area (Å²) in [5, 5.41) is 2.23. The molecule has 2 atom stereocenters. The van der Waals surface area contributed by atoms with E-state index in [-0.39, 0.29) is 0 Å². The van der Waals surface area contributed by atoms with Gasteiger partial charge in [-0.1, -0.05) is 12.5 Å². The quantitative estimate of drug-likeness (QED) is 0.883. The summed E-state index contributed by atoms with van der Waals surface area (Å²) in [6.07, 6.45) is 8.14. The molecule has 1 aliphatic heterocycles. The number of piperidine rings is 1. The lowest BCUT2D eigenvalue weighted by molar-refractivity contribution is 0.0795. The van der Waals surface area contributed by atoms with Crippen LogP contribution in [0, 0.1) is 5.92 Å². The van der Waals surface area contributed by atoms with Gasteiger partial charge in [0.25, 0.3) is 0 Å². The van der Waals surface area contributed by atoms with Crippen molar-refractivity contribution in [1.82, 2.24) is 4.90 Å². The number of hydrogen-bond acceptors (Lipinski definition) is 3. The van der Waals surface area contributed by atoms with Gasteiger partial charge in [0.05, 0.1) is 0 Å². The summed E-state index contributed by atoms with van der Waals surface area (Å²) in [5.41, 5.74) is 5.81. The lowest BCUT2D eigenvalue weighted by atomic mass is 9.95. The highest BCUT2D eigenvalue weighted by atomic mass is 32.1. The highest BCUT2D eigenvalue weighted by molar-refractivity contribution is 7.10. The van der Waals surface area contributed by atoms with Crippen molar-refractivity contribution in [3.8, 4) is 0 Å². The Bertz CT molecular complexity index is 357. The first-order valence-corrected chi connectivity index (χ1v) is 8.27. The third-order valence-corrected chi connectivity index (χ3v) is 5.38. The van der Waals surface area contributed by atoms with Crippen LogP contribution < -0.4 is 5.73 Å². The van der Waals surface area contributed by atoms with Crippen LogP contribution in [0.1, 0.15) is 49.4 Å². The van der Waals surface area contributed by atoms with Crippen molar-refractivity contribution in [1.29, 1.82) is 0 Å². The van der Waals surface area contributed by atoms with Gasteiger partial charge in [-0.15, -0.1) is 11.3 Å². The molecule has 2 heterocycles. The minimum absolute atomic E-state index is 0.696. The Hall–Kier alpha value is -0.380. The van der Waals surface area contributed by atoms with Crippen molar-refractivity contribution in [2.24, 2.45) is 11.7 Å². The summed E-state index contributed by atoms with van der Waals surface area (Å²) >= 11 is 1.94. The number of likely N-dealkylation sites (tertiary alicyclic amines) is 1. The maximum atomic E-state index is 5.81. The smallest absolute Gasteiger partial charge is 0.0472 e. The molecular formula is C15H24N2S. The Morgan fingerprint density at radius 1 is 1.33 bits per heavy atom. The molecule has 2 fully saturated rings. The first-order valence-electron chi connectivity index (χ1n) is 7.39. The largest absolute Gasteiger partial charge is 0.330 e. The molecule has 2 nitrogen and oxygen atoms in total. The maximum absolute atomic E-state index is 5.81. The van der Waals surface area contributed by atoms with Gasteiger partial charge in [-0.2, -0.15) is 0 Å². The summed E-state index contributed by atoms with van der Waals surface area (Å²) in [6, 6.07) is 5.97. The van der Waals surface area contributed by atoms with Crippen molar-refractivity contribution >= 4 is 11.3 Å². The van der Waals surface area contributed by atoms with Crippen molar-refractivity contribution in [2.45, 2.75) is 50.6 Å². The van der Waals surface area contributed by atoms with Crippen molar-refractivity contribution in [3.63, 3.8) is 0 Å². The number of nitrogens with zero attached hydrogens (tertiary/aromatic N) is 1. The SMILES string of the molecule is NCCC1CCCCN1C(c1cccs1)C1CC1. The van der Waals surface area contributed by atoms with Crippen LogP contribution in [-0.2, 0) is 0 Å². The van der Waals surface area contributed by atoms with Gasteiger partial charge in [0, 0.05) is 17.0 Å². The molecule has 18 heavy (non-hydrogen) atoms. The standard InChI is InChI=1S/C15H24N2S/c16-9-8-13-4-1-2-10-17(13)15(12-6-7-12)14-5-3-11-18-14/h3,5,11-13,15H,1-2,4,6-10,16H2. The fourth-order valence-electron chi connectivity index (χ4n) is 3.43. The zero-order chi connectivity index (χ0) is 12.4. The summed E-state index contributed by atoms with van der Waals surface area (Å²) in [4.78, 5) is 4.38. The molecule has 3 heteroatoms. The normalized spacial score (nSPS) is 27.3. The monoisotopic (exact) mass is 264 g/mol. The Balaban J connectivity index is 1.79. The molecule has 2 N–H and O–H groups in total. The molecular weight excluding hydrogens is 240 g/mol. The fraction of sp³-hybridized carbons (Fsp3) is 0.733. The molecule has 1 aliphatic carbocycles. The third kappa shape index (κ3) is 2.63. The molecule has 1 aromatic rings. The molecule has 2 unspecified atom stereocenters. The molecule has 0 radical (unpaired) electrons. The van der Waals surface area contributed by atoms with Crippen LogP contribution in [-0.4, -0.2) is 24.0 Å². The molecule has 0 bridgehead atoms. The van der Waals surface area contributed by atoms with E-state index in [1.165, 1.54) is 45.1 Å². The second-order valence-corrected chi connectivity index (χ2v) is 6.74. The first kappa shape index (κ1) is 12.6. The molecule has 0 spiro atoms. The van der Waals surface area contributed by atoms with E-state index < -0.39 is 0 Å². The Morgan fingerprint density at radius 2 is 2.22 bits per heavy atom. The fourth-order valence-corrected chi connectivity index (χ4v) is 4.37. The second kappa shape index (κ2) is 5.72. The van der Waals surface area contributed by atoms with Crippen LogP contribution in [0.3, 0.4) is 0 Å². The van der Waals surface area contributed by atoms with Crippen LogP contribution in [0.25, 0.3) is 0 Å². The topological polar surface area (TPSA) is 29.3 Å². The van der Waals surface area contributed by atoms with Crippen molar-refractivity contribution < 1.29 is 0 Å². The van der Waals surface area contributed by atoms with Crippen molar-refractivity contribution in [3.05, 3.63) is 22.4 Å². The highest BCUT2D eigenvalue weighted by Gasteiger charge is 2.39. The van der Waals surface area contributed by atoms with Gasteiger partial charge < -0.3 is 5.73 Å². The number of nitrogens with two attached hydrogens (primary N) is 1. The lowest BCUT2D eigenvalue weighted by Crippen LogP contribution is -2.43. The van der Waals surface area contributed by atoms with Gasteiger partial charge >= 0.3 is 0 Å². The van der Waals surface area contributed by atoms with E-state index >= 15 is 0 Å². The van der Waals surface area contributed by atoms with Crippen LogP contribution >= 0.6 is 11.3 Å². The molecule has 3 rings (SSSR count). The van der Waals surface area contributed by atoms with Gasteiger partial charge in [0.2, 0.25) is 0 Å². The molecule has 0 aromatic carbocycles. The minimum atomic E-state index is 0.696. The van der Waals surface area contributed by atoms with E-state index in [0.717, 1.165) is 18.5 Å². The maximum Gasteiger partial charge on any atom is 0.0472 e. The number of hydrogen-bond donors (Lipinski definition) is 1. The molecule has 2 aliphatic rings. The second-order valence-electron chi connectivity index (χ2n) is 5.76. The van der Waals surface area contributed by atoms with E-state index in [1.807, 2.05) is 11.3 Å². The summed E-state index contributed by atoms with van der Waals surface area (Å²) < 4.78 is 0.